The standard InChI is InChI=1S/C15H22N2O3S/c1-10-8-17(9-11(2)20-10)7-6-16-15(19)14-5-4-13(21-14)12(3)18/h4-5,10-11H,6-9H2,1-3H3,(H,16,19)/t10-,11+. The third-order valence-corrected chi connectivity index (χ3v) is 4.57. The number of ether oxygens (including phenoxy) is 1. The van der Waals surface area contributed by atoms with Crippen molar-refractivity contribution in [1.82, 2.24) is 10.2 Å². The molecule has 0 radical (unpaired) electrons. The van der Waals surface area contributed by atoms with E-state index >= 15 is 0 Å². The van der Waals surface area contributed by atoms with Crippen molar-refractivity contribution in [2.75, 3.05) is 26.2 Å². The van der Waals surface area contributed by atoms with Crippen LogP contribution in [0, 0.1) is 0 Å². The molecule has 1 aliphatic heterocycles. The summed E-state index contributed by atoms with van der Waals surface area (Å²) in [5.41, 5.74) is 0. The van der Waals surface area contributed by atoms with Gasteiger partial charge in [-0.3, -0.25) is 14.5 Å². The lowest BCUT2D eigenvalue weighted by atomic mass is 10.2. The molecule has 1 amide bonds. The van der Waals surface area contributed by atoms with Crippen LogP contribution in [-0.4, -0.2) is 55.0 Å². The van der Waals surface area contributed by atoms with Crippen LogP contribution in [0.15, 0.2) is 12.1 Å². The number of ketones is 1. The second-order valence-corrected chi connectivity index (χ2v) is 6.58. The Morgan fingerprint density at radius 3 is 2.48 bits per heavy atom. The Kier molecular flexibility index (Phi) is 5.50. The molecule has 0 spiro atoms. The summed E-state index contributed by atoms with van der Waals surface area (Å²) < 4.78 is 5.68. The fraction of sp³-hybridized carbons (Fsp3) is 0.600. The number of carbonyl (C=O) groups excluding carboxylic acids is 2. The number of morpholine rings is 1. The van der Waals surface area contributed by atoms with E-state index in [0.29, 0.717) is 16.3 Å². The van der Waals surface area contributed by atoms with Gasteiger partial charge < -0.3 is 10.1 Å². The highest BCUT2D eigenvalue weighted by Crippen LogP contribution is 2.16. The predicted octanol–water partition coefficient (Wildman–Crippen LogP) is 1.79. The molecule has 2 heterocycles. The first kappa shape index (κ1) is 16.1. The van der Waals surface area contributed by atoms with Gasteiger partial charge in [0, 0.05) is 26.2 Å². The van der Waals surface area contributed by atoms with Crippen molar-refractivity contribution in [2.45, 2.75) is 33.0 Å². The van der Waals surface area contributed by atoms with Gasteiger partial charge >= 0.3 is 0 Å². The van der Waals surface area contributed by atoms with Crippen molar-refractivity contribution < 1.29 is 14.3 Å². The van der Waals surface area contributed by atoms with Gasteiger partial charge in [-0.15, -0.1) is 11.3 Å². The lowest BCUT2D eigenvalue weighted by molar-refractivity contribution is -0.0672. The maximum Gasteiger partial charge on any atom is 0.261 e. The molecule has 1 fully saturated rings. The number of nitrogens with one attached hydrogen (secondary N) is 1. The van der Waals surface area contributed by atoms with Crippen molar-refractivity contribution in [3.8, 4) is 0 Å². The fourth-order valence-electron chi connectivity index (χ4n) is 2.53. The van der Waals surface area contributed by atoms with Gasteiger partial charge in [-0.2, -0.15) is 0 Å². The third kappa shape index (κ3) is 4.62. The number of Topliss-reactive ketones (excluding diaryl/α,β-unsaturated/α-hetero) is 1. The monoisotopic (exact) mass is 310 g/mol. The Morgan fingerprint density at radius 2 is 1.90 bits per heavy atom. The summed E-state index contributed by atoms with van der Waals surface area (Å²) in [6, 6.07) is 3.41. The molecule has 2 rings (SSSR count). The average Bonchev–Trinajstić information content (AvgIpc) is 2.87. The molecular formula is C15H22N2O3S. The predicted molar refractivity (Wildman–Crippen MR) is 83.1 cm³/mol. The van der Waals surface area contributed by atoms with E-state index in [4.69, 9.17) is 4.74 Å². The van der Waals surface area contributed by atoms with Crippen LogP contribution in [-0.2, 0) is 4.74 Å². The summed E-state index contributed by atoms with van der Waals surface area (Å²) in [6.07, 6.45) is 0.472. The lowest BCUT2D eigenvalue weighted by Gasteiger charge is -2.35. The normalized spacial score (nSPS) is 23.0. The van der Waals surface area contributed by atoms with Crippen LogP contribution in [0.3, 0.4) is 0 Å². The van der Waals surface area contributed by atoms with E-state index in [-0.39, 0.29) is 23.9 Å². The Hall–Kier alpha value is -1.24. The van der Waals surface area contributed by atoms with E-state index in [0.717, 1.165) is 19.6 Å². The molecule has 6 heteroatoms. The number of hydrogen-bond acceptors (Lipinski definition) is 5. The van der Waals surface area contributed by atoms with Crippen molar-refractivity contribution in [3.63, 3.8) is 0 Å². The Balaban J connectivity index is 1.77. The highest BCUT2D eigenvalue weighted by Gasteiger charge is 2.21. The smallest absolute Gasteiger partial charge is 0.261 e. The SMILES string of the molecule is CC(=O)c1ccc(C(=O)NCCN2C[C@@H](C)O[C@@H](C)C2)s1. The number of hydrogen-bond donors (Lipinski definition) is 1. The summed E-state index contributed by atoms with van der Waals surface area (Å²) >= 11 is 1.24. The fourth-order valence-corrected chi connectivity index (χ4v) is 3.35. The Morgan fingerprint density at radius 1 is 1.29 bits per heavy atom. The van der Waals surface area contributed by atoms with Gasteiger partial charge in [0.1, 0.15) is 0 Å². The average molecular weight is 310 g/mol. The van der Waals surface area contributed by atoms with E-state index < -0.39 is 0 Å². The van der Waals surface area contributed by atoms with Crippen LogP contribution in [0.25, 0.3) is 0 Å². The highest BCUT2D eigenvalue weighted by atomic mass is 32.1. The van der Waals surface area contributed by atoms with Crippen molar-refractivity contribution in [3.05, 3.63) is 21.9 Å². The summed E-state index contributed by atoms with van der Waals surface area (Å²) in [6.45, 7) is 8.85. The summed E-state index contributed by atoms with van der Waals surface area (Å²) in [5, 5.41) is 2.91. The minimum Gasteiger partial charge on any atom is -0.373 e. The van der Waals surface area contributed by atoms with Gasteiger partial charge in [-0.1, -0.05) is 0 Å². The summed E-state index contributed by atoms with van der Waals surface area (Å²) in [5.74, 6) is -0.114. The Bertz CT molecular complexity index is 505. The van der Waals surface area contributed by atoms with Gasteiger partial charge in [0.2, 0.25) is 0 Å². The molecule has 1 aromatic heterocycles. The van der Waals surface area contributed by atoms with Gasteiger partial charge in [-0.05, 0) is 32.9 Å². The molecule has 1 aromatic rings. The van der Waals surface area contributed by atoms with Crippen molar-refractivity contribution in [1.29, 1.82) is 0 Å². The molecule has 2 atom stereocenters. The van der Waals surface area contributed by atoms with Gasteiger partial charge in [0.25, 0.3) is 5.91 Å². The molecule has 1 N–H and O–H groups in total. The molecule has 1 aliphatic rings. The van der Waals surface area contributed by atoms with Crippen LogP contribution in [0.2, 0.25) is 0 Å². The number of thiophene rings is 1. The van der Waals surface area contributed by atoms with E-state index in [9.17, 15) is 9.59 Å². The topological polar surface area (TPSA) is 58.6 Å². The zero-order chi connectivity index (χ0) is 15.4. The minimum absolute atomic E-state index is 0.00431. The van der Waals surface area contributed by atoms with Crippen molar-refractivity contribution >= 4 is 23.0 Å². The Labute approximate surface area is 129 Å². The van der Waals surface area contributed by atoms with E-state index in [1.165, 1.54) is 18.3 Å². The molecule has 116 valence electrons. The van der Waals surface area contributed by atoms with E-state index in [1.807, 2.05) is 0 Å². The lowest BCUT2D eigenvalue weighted by Crippen LogP contribution is -2.47. The van der Waals surface area contributed by atoms with Crippen LogP contribution in [0.5, 0.6) is 0 Å². The summed E-state index contributed by atoms with van der Waals surface area (Å²) in [7, 11) is 0. The number of rotatable bonds is 5. The largest absolute Gasteiger partial charge is 0.373 e. The number of carbonyl (C=O) groups is 2. The first-order valence-corrected chi connectivity index (χ1v) is 8.04. The molecule has 21 heavy (non-hydrogen) atoms. The first-order chi connectivity index (χ1) is 9.95. The quantitative estimate of drug-likeness (QED) is 0.843. The molecule has 0 aromatic carbocycles. The third-order valence-electron chi connectivity index (χ3n) is 3.39. The molecule has 1 saturated heterocycles. The molecular weight excluding hydrogens is 288 g/mol. The second-order valence-electron chi connectivity index (χ2n) is 5.49. The maximum atomic E-state index is 12.0. The van der Waals surface area contributed by atoms with E-state index in [1.54, 1.807) is 12.1 Å². The van der Waals surface area contributed by atoms with Gasteiger partial charge in [0.05, 0.1) is 22.0 Å². The number of nitrogens with zero attached hydrogens (tertiary/aromatic N) is 1. The maximum absolute atomic E-state index is 12.0. The molecule has 0 saturated carbocycles. The molecule has 0 aliphatic carbocycles. The highest BCUT2D eigenvalue weighted by molar-refractivity contribution is 7.15. The van der Waals surface area contributed by atoms with Crippen LogP contribution in [0.1, 0.15) is 40.1 Å². The molecule has 0 unspecified atom stereocenters. The van der Waals surface area contributed by atoms with Crippen LogP contribution < -0.4 is 5.32 Å². The van der Waals surface area contributed by atoms with Crippen molar-refractivity contribution in [2.24, 2.45) is 0 Å². The van der Waals surface area contributed by atoms with Crippen LogP contribution in [0.4, 0.5) is 0 Å². The summed E-state index contributed by atoms with van der Waals surface area (Å²) in [4.78, 5) is 26.7. The number of amides is 1. The molecule has 5 nitrogen and oxygen atoms in total. The van der Waals surface area contributed by atoms with Gasteiger partial charge in [-0.25, -0.2) is 0 Å². The second kappa shape index (κ2) is 7.15. The zero-order valence-electron chi connectivity index (χ0n) is 12.7. The minimum atomic E-state index is -0.109. The zero-order valence-corrected chi connectivity index (χ0v) is 13.5. The van der Waals surface area contributed by atoms with E-state index in [2.05, 4.69) is 24.1 Å². The van der Waals surface area contributed by atoms with Crippen LogP contribution >= 0.6 is 11.3 Å². The first-order valence-electron chi connectivity index (χ1n) is 7.22. The van der Waals surface area contributed by atoms with Gasteiger partial charge in [0.15, 0.2) is 5.78 Å². The molecule has 0 bridgehead atoms.